The van der Waals surface area contributed by atoms with Crippen molar-refractivity contribution in [1.82, 2.24) is 10.2 Å². The quantitative estimate of drug-likeness (QED) is 0.799. The summed E-state index contributed by atoms with van der Waals surface area (Å²) < 4.78 is 11.2. The molecule has 1 N–H and O–H groups in total. The van der Waals surface area contributed by atoms with Crippen molar-refractivity contribution in [3.05, 3.63) is 0 Å². The first kappa shape index (κ1) is 14.3. The standard InChI is InChI=1S/C14H28N2O2/c1-4-5-15-13-10-18-9-12(13)8-16-6-7-17-11-14(16,2)3/h12-13,15H,4-11H2,1-3H3. The molecule has 18 heavy (non-hydrogen) atoms. The predicted molar refractivity (Wildman–Crippen MR) is 72.9 cm³/mol. The van der Waals surface area contributed by atoms with Gasteiger partial charge in [0.25, 0.3) is 0 Å². The van der Waals surface area contributed by atoms with Gasteiger partial charge in [-0.25, -0.2) is 0 Å². The van der Waals surface area contributed by atoms with Crippen LogP contribution in [0.5, 0.6) is 0 Å². The monoisotopic (exact) mass is 256 g/mol. The summed E-state index contributed by atoms with van der Waals surface area (Å²) in [6, 6.07) is 0.531. The van der Waals surface area contributed by atoms with Gasteiger partial charge in [-0.1, -0.05) is 6.92 Å². The van der Waals surface area contributed by atoms with Gasteiger partial charge < -0.3 is 14.8 Å². The average molecular weight is 256 g/mol. The SMILES string of the molecule is CCCNC1COCC1CN1CCOCC1(C)C. The molecule has 2 rings (SSSR count). The van der Waals surface area contributed by atoms with Gasteiger partial charge in [0, 0.05) is 30.6 Å². The van der Waals surface area contributed by atoms with Gasteiger partial charge in [-0.15, -0.1) is 0 Å². The largest absolute Gasteiger partial charge is 0.379 e. The van der Waals surface area contributed by atoms with E-state index in [9.17, 15) is 0 Å². The predicted octanol–water partition coefficient (Wildman–Crippen LogP) is 1.11. The van der Waals surface area contributed by atoms with Crippen LogP contribution in [0.2, 0.25) is 0 Å². The fraction of sp³-hybridized carbons (Fsp3) is 1.00. The van der Waals surface area contributed by atoms with E-state index in [-0.39, 0.29) is 5.54 Å². The molecule has 2 aliphatic rings. The van der Waals surface area contributed by atoms with Crippen molar-refractivity contribution in [3.8, 4) is 0 Å². The molecule has 2 heterocycles. The molecule has 0 aromatic heterocycles. The highest BCUT2D eigenvalue weighted by molar-refractivity contribution is 4.90. The Kier molecular flexibility index (Phi) is 5.01. The van der Waals surface area contributed by atoms with Gasteiger partial charge in [-0.05, 0) is 26.8 Å². The van der Waals surface area contributed by atoms with E-state index in [0.29, 0.717) is 12.0 Å². The summed E-state index contributed by atoms with van der Waals surface area (Å²) >= 11 is 0. The van der Waals surface area contributed by atoms with Crippen LogP contribution < -0.4 is 5.32 Å². The molecular weight excluding hydrogens is 228 g/mol. The minimum Gasteiger partial charge on any atom is -0.379 e. The lowest BCUT2D eigenvalue weighted by Gasteiger charge is -2.43. The van der Waals surface area contributed by atoms with Gasteiger partial charge in [0.1, 0.15) is 0 Å². The average Bonchev–Trinajstić information content (AvgIpc) is 2.76. The molecule has 0 spiro atoms. The molecule has 2 fully saturated rings. The molecule has 0 aromatic rings. The lowest BCUT2D eigenvalue weighted by atomic mass is 9.97. The van der Waals surface area contributed by atoms with E-state index in [1.54, 1.807) is 0 Å². The molecule has 2 aliphatic heterocycles. The second kappa shape index (κ2) is 6.33. The summed E-state index contributed by atoms with van der Waals surface area (Å²) in [6.45, 7) is 13.5. The number of rotatable bonds is 5. The Balaban J connectivity index is 1.87. The molecular formula is C14H28N2O2. The molecule has 0 bridgehead atoms. The number of hydrogen-bond acceptors (Lipinski definition) is 4. The third-order valence-electron chi connectivity index (χ3n) is 4.13. The molecule has 2 saturated heterocycles. The maximum absolute atomic E-state index is 5.66. The molecule has 0 aromatic carbocycles. The van der Waals surface area contributed by atoms with Crippen LogP contribution in [-0.2, 0) is 9.47 Å². The van der Waals surface area contributed by atoms with Gasteiger partial charge in [0.2, 0.25) is 0 Å². The van der Waals surface area contributed by atoms with Crippen LogP contribution in [-0.4, -0.2) is 62.5 Å². The van der Waals surface area contributed by atoms with Crippen LogP contribution >= 0.6 is 0 Å². The minimum absolute atomic E-state index is 0.163. The van der Waals surface area contributed by atoms with Crippen LogP contribution in [0.4, 0.5) is 0 Å². The van der Waals surface area contributed by atoms with Crippen molar-refractivity contribution >= 4 is 0 Å². The molecule has 4 nitrogen and oxygen atoms in total. The highest BCUT2D eigenvalue weighted by Crippen LogP contribution is 2.23. The summed E-state index contributed by atoms with van der Waals surface area (Å²) in [5, 5.41) is 3.62. The summed E-state index contributed by atoms with van der Waals surface area (Å²) in [5.41, 5.74) is 0.163. The lowest BCUT2D eigenvalue weighted by Crippen LogP contribution is -2.56. The Hall–Kier alpha value is -0.160. The zero-order valence-electron chi connectivity index (χ0n) is 12.1. The second-order valence-corrected chi connectivity index (χ2v) is 6.17. The van der Waals surface area contributed by atoms with E-state index >= 15 is 0 Å². The molecule has 4 heteroatoms. The first-order chi connectivity index (χ1) is 8.63. The van der Waals surface area contributed by atoms with Crippen molar-refractivity contribution in [1.29, 1.82) is 0 Å². The van der Waals surface area contributed by atoms with Crippen molar-refractivity contribution < 1.29 is 9.47 Å². The van der Waals surface area contributed by atoms with Crippen LogP contribution in [0.25, 0.3) is 0 Å². The number of ether oxygens (including phenoxy) is 2. The van der Waals surface area contributed by atoms with E-state index in [1.807, 2.05) is 0 Å². The molecule has 2 atom stereocenters. The van der Waals surface area contributed by atoms with Gasteiger partial charge >= 0.3 is 0 Å². The third-order valence-corrected chi connectivity index (χ3v) is 4.13. The fourth-order valence-corrected chi connectivity index (χ4v) is 2.85. The van der Waals surface area contributed by atoms with Crippen LogP contribution in [0.1, 0.15) is 27.2 Å². The zero-order valence-corrected chi connectivity index (χ0v) is 12.1. The van der Waals surface area contributed by atoms with Gasteiger partial charge in [0.15, 0.2) is 0 Å². The van der Waals surface area contributed by atoms with Crippen molar-refractivity contribution in [3.63, 3.8) is 0 Å². The van der Waals surface area contributed by atoms with Crippen molar-refractivity contribution in [2.45, 2.75) is 38.8 Å². The maximum Gasteiger partial charge on any atom is 0.0645 e. The summed E-state index contributed by atoms with van der Waals surface area (Å²) in [5.74, 6) is 0.619. The Morgan fingerprint density at radius 1 is 1.28 bits per heavy atom. The summed E-state index contributed by atoms with van der Waals surface area (Å²) in [6.07, 6.45) is 1.19. The second-order valence-electron chi connectivity index (χ2n) is 6.17. The molecule has 106 valence electrons. The normalized spacial score (nSPS) is 32.8. The van der Waals surface area contributed by atoms with Crippen LogP contribution in [0, 0.1) is 5.92 Å². The smallest absolute Gasteiger partial charge is 0.0645 e. The topological polar surface area (TPSA) is 33.7 Å². The fourth-order valence-electron chi connectivity index (χ4n) is 2.85. The van der Waals surface area contributed by atoms with E-state index in [0.717, 1.165) is 46.1 Å². The van der Waals surface area contributed by atoms with E-state index in [4.69, 9.17) is 9.47 Å². The third kappa shape index (κ3) is 3.44. The minimum atomic E-state index is 0.163. The number of morpholine rings is 1. The first-order valence-corrected chi connectivity index (χ1v) is 7.27. The molecule has 0 aliphatic carbocycles. The van der Waals surface area contributed by atoms with Crippen molar-refractivity contribution in [2.24, 2.45) is 5.92 Å². The molecule has 2 unspecified atom stereocenters. The Morgan fingerprint density at radius 2 is 2.11 bits per heavy atom. The zero-order chi connectivity index (χ0) is 13.0. The number of hydrogen-bond donors (Lipinski definition) is 1. The summed E-state index contributed by atoms with van der Waals surface area (Å²) in [7, 11) is 0. The van der Waals surface area contributed by atoms with Gasteiger partial charge in [-0.2, -0.15) is 0 Å². The van der Waals surface area contributed by atoms with Crippen LogP contribution in [0.3, 0.4) is 0 Å². The van der Waals surface area contributed by atoms with Crippen LogP contribution in [0.15, 0.2) is 0 Å². The van der Waals surface area contributed by atoms with Gasteiger partial charge in [-0.3, -0.25) is 4.90 Å². The molecule has 0 radical (unpaired) electrons. The highest BCUT2D eigenvalue weighted by Gasteiger charge is 2.36. The number of nitrogens with zero attached hydrogens (tertiary/aromatic N) is 1. The number of nitrogens with one attached hydrogen (secondary N) is 1. The highest BCUT2D eigenvalue weighted by atomic mass is 16.5. The Bertz CT molecular complexity index is 258. The summed E-state index contributed by atoms with van der Waals surface area (Å²) in [4.78, 5) is 2.57. The Morgan fingerprint density at radius 3 is 2.83 bits per heavy atom. The molecule has 0 amide bonds. The van der Waals surface area contributed by atoms with E-state index < -0.39 is 0 Å². The first-order valence-electron chi connectivity index (χ1n) is 7.27. The Labute approximate surface area is 111 Å². The maximum atomic E-state index is 5.66. The van der Waals surface area contributed by atoms with E-state index in [2.05, 4.69) is 31.0 Å². The van der Waals surface area contributed by atoms with Gasteiger partial charge in [0.05, 0.1) is 26.4 Å². The van der Waals surface area contributed by atoms with Crippen molar-refractivity contribution in [2.75, 3.05) is 46.1 Å². The van der Waals surface area contributed by atoms with E-state index in [1.165, 1.54) is 6.42 Å². The lowest BCUT2D eigenvalue weighted by molar-refractivity contribution is -0.0583. The molecule has 0 saturated carbocycles.